The van der Waals surface area contributed by atoms with Crippen LogP contribution < -0.4 is 5.32 Å². The SMILES string of the molecule is C=C(C)C1=CN2C(=CC1=C)c1cc(CC)c(CCCCCN3CCN(CC4=C(C(=C)CC)CN=C(c5nccs5)N4)CC3)cc1CC2C(C)(C)C. The normalized spacial score (nSPS) is 20.0. The first-order valence-corrected chi connectivity index (χ1v) is 20.1. The van der Waals surface area contributed by atoms with Crippen LogP contribution >= 0.6 is 11.3 Å². The van der Waals surface area contributed by atoms with Crippen molar-refractivity contribution in [1.82, 2.24) is 25.0 Å². The van der Waals surface area contributed by atoms with Crippen molar-refractivity contribution >= 4 is 22.9 Å². The van der Waals surface area contributed by atoms with Crippen LogP contribution in [0.15, 0.2) is 94.3 Å². The molecule has 7 heteroatoms. The molecule has 1 aromatic carbocycles. The standard InChI is InChI=1S/C44H60N6S/c1-10-31(5)37-27-46-42(43-45-16-22-51-43)47-39(37)29-49-20-18-48(19-21-49)17-14-12-13-15-34-24-35-26-41(44(7,8)9)50-28-38(30(3)4)32(6)23-40(50)36(35)25-33(34)11-2/h16,22-25,28,41H,3,5-6,10-15,17-21,26-27,29H2,1-2,4,7-9H3,(H,46,47). The Morgan fingerprint density at radius 1 is 1.02 bits per heavy atom. The summed E-state index contributed by atoms with van der Waals surface area (Å²) in [7, 11) is 0. The average molecular weight is 705 g/mol. The number of rotatable bonds is 13. The largest absolute Gasteiger partial charge is 0.343 e. The highest BCUT2D eigenvalue weighted by Crippen LogP contribution is 2.44. The number of hydrogen-bond acceptors (Lipinski definition) is 7. The van der Waals surface area contributed by atoms with Gasteiger partial charge < -0.3 is 15.1 Å². The zero-order valence-corrected chi connectivity index (χ0v) is 33.0. The van der Waals surface area contributed by atoms with Crippen LogP contribution in [0.1, 0.15) is 94.5 Å². The number of fused-ring (bicyclic) bond motifs is 3. The number of aromatic nitrogens is 1. The fourth-order valence-electron chi connectivity index (χ4n) is 8.08. The van der Waals surface area contributed by atoms with E-state index in [2.05, 4.69) is 111 Å². The molecule has 4 aliphatic rings. The van der Waals surface area contributed by atoms with E-state index in [1.807, 2.05) is 11.6 Å². The van der Waals surface area contributed by atoms with E-state index in [0.717, 1.165) is 74.0 Å². The highest BCUT2D eigenvalue weighted by Gasteiger charge is 2.38. The van der Waals surface area contributed by atoms with Crippen LogP contribution in [0.5, 0.6) is 0 Å². The van der Waals surface area contributed by atoms with Crippen LogP contribution in [0.4, 0.5) is 0 Å². The Hall–Kier alpha value is -3.52. The number of amidine groups is 1. The summed E-state index contributed by atoms with van der Waals surface area (Å²) in [5.41, 5.74) is 14.4. The summed E-state index contributed by atoms with van der Waals surface area (Å²) >= 11 is 1.64. The molecule has 1 unspecified atom stereocenters. The van der Waals surface area contributed by atoms with E-state index < -0.39 is 0 Å². The molecule has 2 aromatic rings. The van der Waals surface area contributed by atoms with E-state index in [-0.39, 0.29) is 5.41 Å². The van der Waals surface area contributed by atoms with Gasteiger partial charge in [0.1, 0.15) is 0 Å². The average Bonchev–Trinajstić information content (AvgIpc) is 3.66. The number of thiazole rings is 1. The van der Waals surface area contributed by atoms with Gasteiger partial charge in [-0.15, -0.1) is 11.3 Å². The number of nitrogens with one attached hydrogen (secondary N) is 1. The second-order valence-electron chi connectivity index (χ2n) is 16.0. The van der Waals surface area contributed by atoms with E-state index in [9.17, 15) is 0 Å². The van der Waals surface area contributed by atoms with Crippen LogP contribution in [0.2, 0.25) is 0 Å². The summed E-state index contributed by atoms with van der Waals surface area (Å²) in [4.78, 5) is 17.1. The summed E-state index contributed by atoms with van der Waals surface area (Å²) in [6, 6.07) is 5.46. The number of allylic oxidation sites excluding steroid dienone is 4. The maximum absolute atomic E-state index is 4.81. The van der Waals surface area contributed by atoms with Crippen molar-refractivity contribution in [2.24, 2.45) is 10.4 Å². The minimum absolute atomic E-state index is 0.138. The molecule has 1 fully saturated rings. The number of hydrogen-bond donors (Lipinski definition) is 1. The molecular formula is C44H60N6S. The molecule has 51 heavy (non-hydrogen) atoms. The second kappa shape index (κ2) is 16.0. The molecule has 0 aliphatic carbocycles. The van der Waals surface area contributed by atoms with Gasteiger partial charge in [-0.05, 0) is 114 Å². The van der Waals surface area contributed by atoms with Crippen molar-refractivity contribution in [2.75, 3.05) is 45.8 Å². The summed E-state index contributed by atoms with van der Waals surface area (Å²) in [6.45, 7) is 34.0. The molecule has 6 nitrogen and oxygen atoms in total. The lowest BCUT2D eigenvalue weighted by Crippen LogP contribution is -2.48. The van der Waals surface area contributed by atoms with E-state index >= 15 is 0 Å². The van der Waals surface area contributed by atoms with Gasteiger partial charge in [0.25, 0.3) is 0 Å². The fourth-order valence-corrected chi connectivity index (χ4v) is 8.68. The quantitative estimate of drug-likeness (QED) is 0.211. The molecule has 1 aromatic heterocycles. The molecular weight excluding hydrogens is 645 g/mol. The van der Waals surface area contributed by atoms with E-state index in [4.69, 9.17) is 4.99 Å². The fraction of sp³-hybridized carbons (Fsp3) is 0.500. The molecule has 6 rings (SSSR count). The maximum atomic E-state index is 4.81. The first-order valence-electron chi connectivity index (χ1n) is 19.2. The van der Waals surface area contributed by atoms with Crippen LogP contribution in [0.3, 0.4) is 0 Å². The number of piperazine rings is 1. The molecule has 0 saturated carbocycles. The number of aliphatic imine (C=N–C) groups is 1. The minimum Gasteiger partial charge on any atom is -0.343 e. The first kappa shape index (κ1) is 37.2. The van der Waals surface area contributed by atoms with E-state index in [0.29, 0.717) is 12.6 Å². The molecule has 5 heterocycles. The van der Waals surface area contributed by atoms with Crippen molar-refractivity contribution < 1.29 is 0 Å². The number of unbranched alkanes of at least 4 members (excludes halogenated alkanes) is 2. The van der Waals surface area contributed by atoms with Crippen molar-refractivity contribution in [1.29, 1.82) is 0 Å². The molecule has 272 valence electrons. The summed E-state index contributed by atoms with van der Waals surface area (Å²) < 4.78 is 0. The third-order valence-corrected chi connectivity index (χ3v) is 12.1. The summed E-state index contributed by atoms with van der Waals surface area (Å²) in [5, 5.41) is 6.61. The molecule has 0 bridgehead atoms. The van der Waals surface area contributed by atoms with E-state index in [1.54, 1.807) is 16.9 Å². The first-order chi connectivity index (χ1) is 24.5. The Bertz CT molecular complexity index is 1760. The highest BCUT2D eigenvalue weighted by molar-refractivity contribution is 7.11. The lowest BCUT2D eigenvalue weighted by molar-refractivity contribution is 0.137. The summed E-state index contributed by atoms with van der Waals surface area (Å²) in [5.74, 6) is 0.899. The topological polar surface area (TPSA) is 47.0 Å². The van der Waals surface area contributed by atoms with Gasteiger partial charge >= 0.3 is 0 Å². The van der Waals surface area contributed by atoms with Gasteiger partial charge in [0.2, 0.25) is 0 Å². The van der Waals surface area contributed by atoms with Crippen LogP contribution in [-0.4, -0.2) is 77.4 Å². The minimum atomic E-state index is 0.138. The van der Waals surface area contributed by atoms with Crippen molar-refractivity contribution in [2.45, 2.75) is 92.5 Å². The van der Waals surface area contributed by atoms with Crippen molar-refractivity contribution in [3.63, 3.8) is 0 Å². The zero-order valence-electron chi connectivity index (χ0n) is 32.2. The number of benzene rings is 1. The zero-order chi connectivity index (χ0) is 36.3. The molecule has 4 aliphatic heterocycles. The maximum Gasteiger partial charge on any atom is 0.162 e. The molecule has 1 atom stereocenters. The van der Waals surface area contributed by atoms with Gasteiger partial charge in [-0.3, -0.25) is 9.89 Å². The molecule has 0 radical (unpaired) electrons. The Balaban J connectivity index is 1.01. The highest BCUT2D eigenvalue weighted by atomic mass is 32.1. The number of nitrogens with zero attached hydrogens (tertiary/aromatic N) is 5. The van der Waals surface area contributed by atoms with Gasteiger partial charge in [0.05, 0.1) is 6.54 Å². The Labute approximate surface area is 312 Å². The van der Waals surface area contributed by atoms with Gasteiger partial charge in [-0.2, -0.15) is 0 Å². The lowest BCUT2D eigenvalue weighted by atomic mass is 9.75. The molecule has 1 N–H and O–H groups in total. The van der Waals surface area contributed by atoms with Gasteiger partial charge in [0.15, 0.2) is 10.8 Å². The Kier molecular flexibility index (Phi) is 11.7. The molecule has 1 saturated heterocycles. The van der Waals surface area contributed by atoms with Crippen LogP contribution in [0.25, 0.3) is 5.70 Å². The molecule has 0 amide bonds. The smallest absolute Gasteiger partial charge is 0.162 e. The number of aryl methyl sites for hydroxylation is 2. The van der Waals surface area contributed by atoms with Crippen molar-refractivity contribution in [3.8, 4) is 0 Å². The van der Waals surface area contributed by atoms with Gasteiger partial charge in [0, 0.05) is 73.5 Å². The Morgan fingerprint density at radius 2 is 1.78 bits per heavy atom. The van der Waals surface area contributed by atoms with Gasteiger partial charge in [-0.25, -0.2) is 4.98 Å². The lowest BCUT2D eigenvalue weighted by Gasteiger charge is -2.47. The summed E-state index contributed by atoms with van der Waals surface area (Å²) in [6.07, 6.45) is 14.5. The third-order valence-electron chi connectivity index (χ3n) is 11.3. The predicted molar refractivity (Wildman–Crippen MR) is 218 cm³/mol. The third kappa shape index (κ3) is 8.42. The van der Waals surface area contributed by atoms with E-state index in [1.165, 1.54) is 77.0 Å². The second-order valence-corrected chi connectivity index (χ2v) is 16.9. The monoisotopic (exact) mass is 704 g/mol. The van der Waals surface area contributed by atoms with Crippen LogP contribution in [-0.2, 0) is 19.3 Å². The predicted octanol–water partition coefficient (Wildman–Crippen LogP) is 8.95. The van der Waals surface area contributed by atoms with Crippen molar-refractivity contribution in [3.05, 3.63) is 117 Å². The molecule has 0 spiro atoms. The van der Waals surface area contributed by atoms with Crippen LogP contribution in [0, 0.1) is 5.41 Å². The van der Waals surface area contributed by atoms with Gasteiger partial charge in [-0.1, -0.05) is 66.8 Å². The Morgan fingerprint density at radius 3 is 2.45 bits per heavy atom.